The number of rotatable bonds is 4. The monoisotopic (exact) mass is 281 g/mol. The van der Waals surface area contributed by atoms with E-state index in [0.29, 0.717) is 11.5 Å². The number of nitrogen functional groups attached to an aromatic ring is 1. The summed E-state index contributed by atoms with van der Waals surface area (Å²) in [5.41, 5.74) is 2.98. The SMILES string of the molecule is Cc1oc(C(=O)NN)cc1CSc1nnc(C)n1C. The van der Waals surface area contributed by atoms with E-state index in [0.717, 1.165) is 16.5 Å². The third kappa shape index (κ3) is 2.79. The number of carbonyl (C=O) groups excluding carboxylic acids is 1. The van der Waals surface area contributed by atoms with Crippen molar-refractivity contribution in [2.24, 2.45) is 12.9 Å². The smallest absolute Gasteiger partial charge is 0.300 e. The molecule has 0 unspecified atom stereocenters. The minimum Gasteiger partial charge on any atom is -0.456 e. The van der Waals surface area contributed by atoms with Gasteiger partial charge in [0.15, 0.2) is 10.9 Å². The minimum atomic E-state index is -0.436. The van der Waals surface area contributed by atoms with Gasteiger partial charge in [-0.3, -0.25) is 10.2 Å². The molecule has 0 spiro atoms. The maximum absolute atomic E-state index is 11.3. The second kappa shape index (κ2) is 5.45. The van der Waals surface area contributed by atoms with E-state index in [2.05, 4.69) is 10.2 Å². The number of hydrogen-bond acceptors (Lipinski definition) is 6. The van der Waals surface area contributed by atoms with Gasteiger partial charge in [-0.25, -0.2) is 5.84 Å². The number of thioether (sulfide) groups is 1. The van der Waals surface area contributed by atoms with Gasteiger partial charge in [0.25, 0.3) is 0 Å². The molecule has 0 saturated carbocycles. The summed E-state index contributed by atoms with van der Waals surface area (Å²) in [6.45, 7) is 3.70. The number of nitrogens with two attached hydrogens (primary N) is 1. The van der Waals surface area contributed by atoms with Gasteiger partial charge in [0, 0.05) is 18.4 Å². The van der Waals surface area contributed by atoms with Crippen LogP contribution in [0.25, 0.3) is 0 Å². The Bertz CT molecular complexity index is 604. The summed E-state index contributed by atoms with van der Waals surface area (Å²) in [4.78, 5) is 11.3. The lowest BCUT2D eigenvalue weighted by Gasteiger charge is -2.00. The maximum atomic E-state index is 11.3. The van der Waals surface area contributed by atoms with Crippen molar-refractivity contribution in [2.45, 2.75) is 24.8 Å². The average Bonchev–Trinajstić information content (AvgIpc) is 2.92. The molecule has 2 aromatic heterocycles. The molecule has 2 heterocycles. The van der Waals surface area contributed by atoms with E-state index in [4.69, 9.17) is 10.3 Å². The number of amides is 1. The number of hydrazine groups is 1. The summed E-state index contributed by atoms with van der Waals surface area (Å²) < 4.78 is 7.25. The van der Waals surface area contributed by atoms with E-state index in [1.165, 1.54) is 11.8 Å². The molecule has 2 aromatic rings. The van der Waals surface area contributed by atoms with Crippen LogP contribution in [0.1, 0.15) is 27.7 Å². The normalized spacial score (nSPS) is 10.7. The van der Waals surface area contributed by atoms with Crippen molar-refractivity contribution in [3.8, 4) is 0 Å². The second-order valence-corrected chi connectivity index (χ2v) is 4.99. The van der Waals surface area contributed by atoms with Crippen LogP contribution in [0.3, 0.4) is 0 Å². The molecular weight excluding hydrogens is 266 g/mol. The average molecular weight is 281 g/mol. The molecular formula is C11H15N5O2S. The Labute approximate surface area is 114 Å². The van der Waals surface area contributed by atoms with Gasteiger partial charge in [-0.2, -0.15) is 0 Å². The molecule has 3 N–H and O–H groups in total. The Morgan fingerprint density at radius 2 is 2.26 bits per heavy atom. The minimum absolute atomic E-state index is 0.213. The van der Waals surface area contributed by atoms with Crippen LogP contribution in [-0.2, 0) is 12.8 Å². The van der Waals surface area contributed by atoms with Crippen LogP contribution in [0.4, 0.5) is 0 Å². The molecule has 7 nitrogen and oxygen atoms in total. The Balaban J connectivity index is 2.09. The highest BCUT2D eigenvalue weighted by Crippen LogP contribution is 2.24. The van der Waals surface area contributed by atoms with Gasteiger partial charge in [-0.15, -0.1) is 10.2 Å². The van der Waals surface area contributed by atoms with Crippen molar-refractivity contribution >= 4 is 17.7 Å². The first-order valence-electron chi connectivity index (χ1n) is 5.62. The van der Waals surface area contributed by atoms with E-state index in [1.807, 2.05) is 30.9 Å². The number of furan rings is 1. The topological polar surface area (TPSA) is 99.0 Å². The molecule has 19 heavy (non-hydrogen) atoms. The Kier molecular flexibility index (Phi) is 3.91. The first-order valence-corrected chi connectivity index (χ1v) is 6.60. The Morgan fingerprint density at radius 3 is 2.84 bits per heavy atom. The van der Waals surface area contributed by atoms with Crippen LogP contribution in [0.15, 0.2) is 15.6 Å². The Morgan fingerprint density at radius 1 is 1.53 bits per heavy atom. The van der Waals surface area contributed by atoms with Crippen molar-refractivity contribution in [1.82, 2.24) is 20.2 Å². The third-order valence-electron chi connectivity index (χ3n) is 2.78. The molecule has 0 radical (unpaired) electrons. The maximum Gasteiger partial charge on any atom is 0.300 e. The summed E-state index contributed by atoms with van der Waals surface area (Å²) in [5, 5.41) is 8.87. The van der Waals surface area contributed by atoms with Crippen LogP contribution in [-0.4, -0.2) is 20.7 Å². The molecule has 0 aliphatic carbocycles. The quantitative estimate of drug-likeness (QED) is 0.374. The zero-order valence-corrected chi connectivity index (χ0v) is 11.7. The van der Waals surface area contributed by atoms with E-state index < -0.39 is 5.91 Å². The number of nitrogens with zero attached hydrogens (tertiary/aromatic N) is 3. The highest BCUT2D eigenvalue weighted by molar-refractivity contribution is 7.98. The standard InChI is InChI=1S/C11H15N5O2S/c1-6-8(4-9(18-6)10(17)13-12)5-19-11-15-14-7(2)16(11)3/h4H,5,12H2,1-3H3,(H,13,17). The summed E-state index contributed by atoms with van der Waals surface area (Å²) >= 11 is 1.53. The highest BCUT2D eigenvalue weighted by atomic mass is 32.2. The van der Waals surface area contributed by atoms with Gasteiger partial charge in [0.05, 0.1) is 0 Å². The fourth-order valence-corrected chi connectivity index (χ4v) is 2.50. The number of hydrogen-bond donors (Lipinski definition) is 2. The summed E-state index contributed by atoms with van der Waals surface area (Å²) in [7, 11) is 1.91. The fourth-order valence-electron chi connectivity index (χ4n) is 1.50. The molecule has 0 bridgehead atoms. The number of carbonyl (C=O) groups is 1. The van der Waals surface area contributed by atoms with Gasteiger partial charge in [-0.1, -0.05) is 11.8 Å². The van der Waals surface area contributed by atoms with Crippen molar-refractivity contribution in [1.29, 1.82) is 0 Å². The summed E-state index contributed by atoms with van der Waals surface area (Å²) in [6, 6.07) is 1.69. The number of nitrogens with one attached hydrogen (secondary N) is 1. The van der Waals surface area contributed by atoms with Crippen LogP contribution in [0, 0.1) is 13.8 Å². The summed E-state index contributed by atoms with van der Waals surface area (Å²) in [5.74, 6) is 7.05. The molecule has 0 aliphatic rings. The van der Waals surface area contributed by atoms with Crippen LogP contribution in [0.2, 0.25) is 0 Å². The van der Waals surface area contributed by atoms with Crippen molar-refractivity contribution < 1.29 is 9.21 Å². The molecule has 1 amide bonds. The zero-order valence-electron chi connectivity index (χ0n) is 10.9. The van der Waals surface area contributed by atoms with Gasteiger partial charge in [-0.05, 0) is 19.9 Å². The van der Waals surface area contributed by atoms with E-state index in [-0.39, 0.29) is 5.76 Å². The lowest BCUT2D eigenvalue weighted by atomic mass is 10.3. The van der Waals surface area contributed by atoms with Crippen molar-refractivity contribution in [2.75, 3.05) is 0 Å². The lowest BCUT2D eigenvalue weighted by molar-refractivity contribution is 0.0924. The molecule has 8 heteroatoms. The van der Waals surface area contributed by atoms with Crippen molar-refractivity contribution in [3.63, 3.8) is 0 Å². The van der Waals surface area contributed by atoms with Crippen LogP contribution < -0.4 is 11.3 Å². The molecule has 0 aromatic carbocycles. The largest absolute Gasteiger partial charge is 0.456 e. The molecule has 0 fully saturated rings. The van der Waals surface area contributed by atoms with E-state index in [1.54, 1.807) is 6.07 Å². The van der Waals surface area contributed by atoms with Crippen LogP contribution in [0.5, 0.6) is 0 Å². The number of aromatic nitrogens is 3. The predicted molar refractivity (Wildman–Crippen MR) is 70.4 cm³/mol. The highest BCUT2D eigenvalue weighted by Gasteiger charge is 2.14. The molecule has 0 saturated heterocycles. The Hall–Kier alpha value is -1.80. The van der Waals surface area contributed by atoms with Gasteiger partial charge < -0.3 is 8.98 Å². The fraction of sp³-hybridized carbons (Fsp3) is 0.364. The van der Waals surface area contributed by atoms with Crippen molar-refractivity contribution in [3.05, 3.63) is 29.0 Å². The number of aryl methyl sites for hydroxylation is 2. The van der Waals surface area contributed by atoms with Gasteiger partial charge in [0.2, 0.25) is 0 Å². The molecule has 102 valence electrons. The molecule has 0 atom stereocenters. The lowest BCUT2D eigenvalue weighted by Crippen LogP contribution is -2.29. The van der Waals surface area contributed by atoms with Gasteiger partial charge in [0.1, 0.15) is 11.6 Å². The zero-order chi connectivity index (χ0) is 14.0. The summed E-state index contributed by atoms with van der Waals surface area (Å²) in [6.07, 6.45) is 0. The van der Waals surface area contributed by atoms with E-state index >= 15 is 0 Å². The predicted octanol–water partition coefficient (Wildman–Crippen LogP) is 0.921. The first-order chi connectivity index (χ1) is 9.02. The van der Waals surface area contributed by atoms with Crippen LogP contribution >= 0.6 is 11.8 Å². The second-order valence-electron chi connectivity index (χ2n) is 4.04. The first kappa shape index (κ1) is 13.6. The third-order valence-corrected chi connectivity index (χ3v) is 3.85. The van der Waals surface area contributed by atoms with Gasteiger partial charge >= 0.3 is 5.91 Å². The molecule has 0 aliphatic heterocycles. The molecule has 2 rings (SSSR count). The van der Waals surface area contributed by atoms with E-state index in [9.17, 15) is 4.79 Å².